The van der Waals surface area contributed by atoms with Crippen molar-refractivity contribution in [3.63, 3.8) is 0 Å². The summed E-state index contributed by atoms with van der Waals surface area (Å²) in [5.74, 6) is 0. The molecule has 4 nitrogen and oxygen atoms in total. The zero-order chi connectivity index (χ0) is 11.9. The summed E-state index contributed by atoms with van der Waals surface area (Å²) in [6, 6.07) is 0. The summed E-state index contributed by atoms with van der Waals surface area (Å²) in [4.78, 5) is 0. The van der Waals surface area contributed by atoms with Gasteiger partial charge < -0.3 is 20.4 Å². The molecule has 0 fully saturated rings. The molecule has 4 heteroatoms. The fourth-order valence-corrected chi connectivity index (χ4v) is 1.54. The first-order valence-electron chi connectivity index (χ1n) is 5.54. The van der Waals surface area contributed by atoms with Crippen molar-refractivity contribution in [2.24, 2.45) is 5.41 Å². The Bertz CT molecular complexity index is 143. The van der Waals surface area contributed by atoms with Gasteiger partial charge in [0, 0.05) is 18.6 Å². The van der Waals surface area contributed by atoms with Gasteiger partial charge in [-0.05, 0) is 25.7 Å². The zero-order valence-corrected chi connectivity index (χ0v) is 9.69. The summed E-state index contributed by atoms with van der Waals surface area (Å²) < 4.78 is 0. The van der Waals surface area contributed by atoms with Crippen LogP contribution in [0.25, 0.3) is 0 Å². The molecule has 4 N–H and O–H groups in total. The average Bonchev–Trinajstić information content (AvgIpc) is 2.21. The molecule has 0 aromatic heterocycles. The maximum atomic E-state index is 9.84. The van der Waals surface area contributed by atoms with Crippen molar-refractivity contribution in [1.82, 2.24) is 0 Å². The Morgan fingerprint density at radius 2 is 1.20 bits per heavy atom. The smallest absolute Gasteiger partial charge is 0.0616 e. The van der Waals surface area contributed by atoms with Gasteiger partial charge in [-0.2, -0.15) is 0 Å². The van der Waals surface area contributed by atoms with Crippen molar-refractivity contribution in [1.29, 1.82) is 0 Å². The molecule has 0 radical (unpaired) electrons. The topological polar surface area (TPSA) is 80.9 Å². The lowest BCUT2D eigenvalue weighted by molar-refractivity contribution is -0.0574. The molecule has 0 amide bonds. The number of aliphatic hydroxyl groups is 4. The lowest BCUT2D eigenvalue weighted by Crippen LogP contribution is -2.40. The Morgan fingerprint density at radius 1 is 0.867 bits per heavy atom. The summed E-state index contributed by atoms with van der Waals surface area (Å²) in [6.07, 6.45) is 0.797. The van der Waals surface area contributed by atoms with Crippen LogP contribution in [0.15, 0.2) is 0 Å². The second-order valence-corrected chi connectivity index (χ2v) is 4.58. The second-order valence-electron chi connectivity index (χ2n) is 4.58. The molecule has 2 unspecified atom stereocenters. The van der Waals surface area contributed by atoms with Crippen molar-refractivity contribution < 1.29 is 20.4 Å². The molecule has 15 heavy (non-hydrogen) atoms. The van der Waals surface area contributed by atoms with Crippen LogP contribution in [-0.4, -0.2) is 45.8 Å². The highest BCUT2D eigenvalue weighted by Crippen LogP contribution is 2.30. The van der Waals surface area contributed by atoms with Crippen LogP contribution in [0.3, 0.4) is 0 Å². The van der Waals surface area contributed by atoms with E-state index in [4.69, 9.17) is 10.2 Å². The van der Waals surface area contributed by atoms with Crippen LogP contribution < -0.4 is 0 Å². The van der Waals surface area contributed by atoms with Crippen molar-refractivity contribution in [3.05, 3.63) is 0 Å². The normalized spacial score (nSPS) is 16.4. The summed E-state index contributed by atoms with van der Waals surface area (Å²) in [5.41, 5.74) is -0.593. The molecule has 0 saturated carbocycles. The molecule has 0 aromatic rings. The predicted molar refractivity (Wildman–Crippen MR) is 58.4 cm³/mol. The maximum absolute atomic E-state index is 9.84. The first-order chi connectivity index (χ1) is 6.96. The fraction of sp³-hybridized carbons (Fsp3) is 1.00. The maximum Gasteiger partial charge on any atom is 0.0616 e. The van der Waals surface area contributed by atoms with E-state index in [0.717, 1.165) is 0 Å². The molecule has 0 saturated heterocycles. The van der Waals surface area contributed by atoms with E-state index < -0.39 is 17.6 Å². The van der Waals surface area contributed by atoms with Crippen LogP contribution in [0.5, 0.6) is 0 Å². The highest BCUT2D eigenvalue weighted by molar-refractivity contribution is 4.84. The van der Waals surface area contributed by atoms with Gasteiger partial charge in [0.2, 0.25) is 0 Å². The van der Waals surface area contributed by atoms with Crippen LogP contribution in [0.4, 0.5) is 0 Å². The van der Waals surface area contributed by atoms with E-state index in [1.165, 1.54) is 0 Å². The van der Waals surface area contributed by atoms with Crippen LogP contribution in [0, 0.1) is 5.41 Å². The van der Waals surface area contributed by atoms with Crippen LogP contribution in [-0.2, 0) is 0 Å². The molecule has 2 atom stereocenters. The van der Waals surface area contributed by atoms with Crippen molar-refractivity contribution in [2.45, 2.75) is 51.7 Å². The average molecular weight is 220 g/mol. The van der Waals surface area contributed by atoms with E-state index in [9.17, 15) is 10.2 Å². The minimum atomic E-state index is -0.627. The monoisotopic (exact) mass is 220 g/mol. The fourth-order valence-electron chi connectivity index (χ4n) is 1.54. The lowest BCUT2D eigenvalue weighted by atomic mass is 9.77. The van der Waals surface area contributed by atoms with E-state index in [1.807, 2.05) is 0 Å². The molecule has 92 valence electrons. The van der Waals surface area contributed by atoms with Gasteiger partial charge in [-0.3, -0.25) is 0 Å². The van der Waals surface area contributed by atoms with E-state index in [-0.39, 0.29) is 13.2 Å². The molecule has 0 spiro atoms. The van der Waals surface area contributed by atoms with Crippen molar-refractivity contribution >= 4 is 0 Å². The van der Waals surface area contributed by atoms with Gasteiger partial charge in [-0.25, -0.2) is 0 Å². The van der Waals surface area contributed by atoms with Gasteiger partial charge in [-0.1, -0.05) is 13.8 Å². The molecular formula is C11H24O4. The summed E-state index contributed by atoms with van der Waals surface area (Å²) >= 11 is 0. The van der Waals surface area contributed by atoms with Crippen LogP contribution >= 0.6 is 0 Å². The highest BCUT2D eigenvalue weighted by Gasteiger charge is 2.34. The Labute approximate surface area is 91.6 Å². The van der Waals surface area contributed by atoms with Gasteiger partial charge in [0.1, 0.15) is 0 Å². The number of hydrogen-bond donors (Lipinski definition) is 4. The zero-order valence-electron chi connectivity index (χ0n) is 9.69. The Morgan fingerprint density at radius 3 is 1.47 bits per heavy atom. The van der Waals surface area contributed by atoms with Gasteiger partial charge in [0.05, 0.1) is 12.2 Å². The minimum Gasteiger partial charge on any atom is -0.396 e. The minimum absolute atomic E-state index is 0.0554. The predicted octanol–water partition coefficient (Wildman–Crippen LogP) is 0.279. The molecule has 0 aromatic carbocycles. The van der Waals surface area contributed by atoms with Gasteiger partial charge >= 0.3 is 0 Å². The molecule has 0 aliphatic heterocycles. The van der Waals surface area contributed by atoms with E-state index in [1.54, 1.807) is 13.8 Å². The molecule has 0 rings (SSSR count). The third-order valence-corrected chi connectivity index (χ3v) is 2.99. The van der Waals surface area contributed by atoms with E-state index in [0.29, 0.717) is 25.7 Å². The Hall–Kier alpha value is -0.160. The summed E-state index contributed by atoms with van der Waals surface area (Å²) in [5, 5.41) is 37.0. The number of rotatable bonds is 8. The first kappa shape index (κ1) is 14.8. The molecule has 0 heterocycles. The van der Waals surface area contributed by atoms with Gasteiger partial charge in [-0.15, -0.1) is 0 Å². The van der Waals surface area contributed by atoms with Crippen LogP contribution in [0.1, 0.15) is 39.5 Å². The van der Waals surface area contributed by atoms with E-state index in [2.05, 4.69) is 0 Å². The molecule has 0 aliphatic rings. The van der Waals surface area contributed by atoms with Crippen molar-refractivity contribution in [2.75, 3.05) is 13.2 Å². The third kappa shape index (κ3) is 4.93. The SMILES string of the molecule is CC(C)(C(O)CCCO)C(O)CCCO. The highest BCUT2D eigenvalue weighted by atomic mass is 16.3. The largest absolute Gasteiger partial charge is 0.396 e. The lowest BCUT2D eigenvalue weighted by Gasteiger charge is -2.35. The molecular weight excluding hydrogens is 196 g/mol. The van der Waals surface area contributed by atoms with Gasteiger partial charge in [0.25, 0.3) is 0 Å². The van der Waals surface area contributed by atoms with Crippen LogP contribution in [0.2, 0.25) is 0 Å². The Balaban J connectivity index is 4.11. The standard InChI is InChI=1S/C11H24O4/c1-11(2,9(14)5-3-7-12)10(15)6-4-8-13/h9-10,12-15H,3-8H2,1-2H3. The second kappa shape index (κ2) is 7.17. The molecule has 0 bridgehead atoms. The molecule has 0 aliphatic carbocycles. The van der Waals surface area contributed by atoms with Crippen molar-refractivity contribution in [3.8, 4) is 0 Å². The van der Waals surface area contributed by atoms with E-state index >= 15 is 0 Å². The quantitative estimate of drug-likeness (QED) is 0.473. The Kier molecular flexibility index (Phi) is 7.09. The summed E-state index contributed by atoms with van der Waals surface area (Å²) in [6.45, 7) is 3.72. The summed E-state index contributed by atoms with van der Waals surface area (Å²) in [7, 11) is 0. The number of aliphatic hydroxyl groups excluding tert-OH is 4. The third-order valence-electron chi connectivity index (χ3n) is 2.99. The van der Waals surface area contributed by atoms with Gasteiger partial charge in [0.15, 0.2) is 0 Å². The number of hydrogen-bond acceptors (Lipinski definition) is 4. The first-order valence-corrected chi connectivity index (χ1v) is 5.54.